The summed E-state index contributed by atoms with van der Waals surface area (Å²) >= 11 is 0. The molecule has 2 rings (SSSR count). The van der Waals surface area contributed by atoms with Crippen LogP contribution in [0, 0.1) is 0 Å². The molecule has 0 bridgehead atoms. The second-order valence-electron chi connectivity index (χ2n) is 4.17. The van der Waals surface area contributed by atoms with Crippen molar-refractivity contribution in [1.82, 2.24) is 15.2 Å². The number of nitrogens with zero attached hydrogens (tertiary/aromatic N) is 1. The van der Waals surface area contributed by atoms with E-state index in [9.17, 15) is 0 Å². The monoisotopic (exact) mass is 193 g/mol. The van der Waals surface area contributed by atoms with E-state index >= 15 is 0 Å². The lowest BCUT2D eigenvalue weighted by Crippen LogP contribution is -2.49. The van der Waals surface area contributed by atoms with E-state index in [-0.39, 0.29) is 0 Å². The van der Waals surface area contributed by atoms with Gasteiger partial charge in [0, 0.05) is 38.1 Å². The van der Waals surface area contributed by atoms with Gasteiger partial charge in [-0.2, -0.15) is 0 Å². The summed E-state index contributed by atoms with van der Waals surface area (Å²) in [4.78, 5) is 5.50. The number of piperazine rings is 1. The number of nitrogens with one attached hydrogen (secondary N) is 2. The van der Waals surface area contributed by atoms with Crippen molar-refractivity contribution in [3.8, 4) is 0 Å². The first kappa shape index (κ1) is 9.74. The smallest absolute Gasteiger partial charge is 0.0198 e. The lowest BCUT2D eigenvalue weighted by molar-refractivity contribution is 0.232. The SMILES string of the molecule is CN1CCNC(CCc2cc[nH]c2)C1. The third-order valence-electron chi connectivity index (χ3n) is 2.90. The van der Waals surface area contributed by atoms with Gasteiger partial charge in [0.05, 0.1) is 0 Å². The largest absolute Gasteiger partial charge is 0.367 e. The van der Waals surface area contributed by atoms with Crippen molar-refractivity contribution < 1.29 is 0 Å². The Bertz CT molecular complexity index is 256. The Kier molecular flexibility index (Phi) is 3.22. The van der Waals surface area contributed by atoms with E-state index in [1.54, 1.807) is 0 Å². The predicted octanol–water partition coefficient (Wildman–Crippen LogP) is 0.851. The average molecular weight is 193 g/mol. The van der Waals surface area contributed by atoms with E-state index in [1.165, 1.54) is 31.5 Å². The molecule has 0 amide bonds. The first-order chi connectivity index (χ1) is 6.84. The second kappa shape index (κ2) is 4.62. The third kappa shape index (κ3) is 2.59. The lowest BCUT2D eigenvalue weighted by Gasteiger charge is -2.30. The number of likely N-dealkylation sites (N-methyl/N-ethyl adjacent to an activating group) is 1. The van der Waals surface area contributed by atoms with Crippen molar-refractivity contribution in [3.05, 3.63) is 24.0 Å². The summed E-state index contributed by atoms with van der Waals surface area (Å²) in [5, 5.41) is 3.56. The summed E-state index contributed by atoms with van der Waals surface area (Å²) in [6.45, 7) is 3.50. The van der Waals surface area contributed by atoms with Crippen LogP contribution in [0.4, 0.5) is 0 Å². The molecule has 2 heterocycles. The molecule has 3 nitrogen and oxygen atoms in total. The topological polar surface area (TPSA) is 31.1 Å². The van der Waals surface area contributed by atoms with Crippen LogP contribution in [0.1, 0.15) is 12.0 Å². The first-order valence-electron chi connectivity index (χ1n) is 5.38. The van der Waals surface area contributed by atoms with Crippen molar-refractivity contribution in [3.63, 3.8) is 0 Å². The maximum atomic E-state index is 3.56. The number of aromatic nitrogens is 1. The molecular formula is C11H19N3. The molecule has 0 aromatic carbocycles. The van der Waals surface area contributed by atoms with Crippen LogP contribution in [0.5, 0.6) is 0 Å². The Morgan fingerprint density at radius 2 is 2.50 bits per heavy atom. The summed E-state index contributed by atoms with van der Waals surface area (Å²) in [5.74, 6) is 0. The average Bonchev–Trinajstić information content (AvgIpc) is 2.67. The molecular weight excluding hydrogens is 174 g/mol. The predicted molar refractivity (Wildman–Crippen MR) is 58.4 cm³/mol. The fourth-order valence-corrected chi connectivity index (χ4v) is 2.04. The molecule has 3 heteroatoms. The van der Waals surface area contributed by atoms with E-state index in [2.05, 4.69) is 34.5 Å². The number of hydrogen-bond acceptors (Lipinski definition) is 2. The Morgan fingerprint density at radius 1 is 1.57 bits per heavy atom. The zero-order chi connectivity index (χ0) is 9.80. The van der Waals surface area contributed by atoms with Gasteiger partial charge in [-0.05, 0) is 31.5 Å². The van der Waals surface area contributed by atoms with Gasteiger partial charge < -0.3 is 15.2 Å². The van der Waals surface area contributed by atoms with Gasteiger partial charge in [0.2, 0.25) is 0 Å². The molecule has 1 aromatic heterocycles. The minimum Gasteiger partial charge on any atom is -0.367 e. The van der Waals surface area contributed by atoms with Crippen molar-refractivity contribution in [1.29, 1.82) is 0 Å². The fraction of sp³-hybridized carbons (Fsp3) is 0.636. The zero-order valence-corrected chi connectivity index (χ0v) is 8.79. The molecule has 1 aliphatic rings. The van der Waals surface area contributed by atoms with Crippen molar-refractivity contribution >= 4 is 0 Å². The molecule has 0 saturated carbocycles. The summed E-state index contributed by atoms with van der Waals surface area (Å²) in [6.07, 6.45) is 6.50. The minimum absolute atomic E-state index is 0.670. The van der Waals surface area contributed by atoms with Crippen LogP contribution < -0.4 is 5.32 Å². The standard InChI is InChI=1S/C11H19N3/c1-14-7-6-13-11(9-14)3-2-10-4-5-12-8-10/h4-5,8,11-13H,2-3,6-7,9H2,1H3. The molecule has 1 aliphatic heterocycles. The Morgan fingerprint density at radius 3 is 3.21 bits per heavy atom. The van der Waals surface area contributed by atoms with Crippen molar-refractivity contribution in [2.24, 2.45) is 0 Å². The molecule has 0 spiro atoms. The summed E-state index contributed by atoms with van der Waals surface area (Å²) < 4.78 is 0. The van der Waals surface area contributed by atoms with Crippen molar-refractivity contribution in [2.75, 3.05) is 26.7 Å². The zero-order valence-electron chi connectivity index (χ0n) is 8.79. The van der Waals surface area contributed by atoms with Gasteiger partial charge in [-0.1, -0.05) is 0 Å². The maximum absolute atomic E-state index is 3.56. The quantitative estimate of drug-likeness (QED) is 0.745. The maximum Gasteiger partial charge on any atom is 0.0198 e. The normalized spacial score (nSPS) is 23.9. The van der Waals surface area contributed by atoms with Crippen LogP contribution in [-0.4, -0.2) is 42.6 Å². The molecule has 2 N–H and O–H groups in total. The highest BCUT2D eigenvalue weighted by molar-refractivity contribution is 5.08. The highest BCUT2D eigenvalue weighted by Gasteiger charge is 2.15. The Hall–Kier alpha value is -0.800. The van der Waals surface area contributed by atoms with Gasteiger partial charge in [-0.25, -0.2) is 0 Å². The van der Waals surface area contributed by atoms with Crippen LogP contribution in [-0.2, 0) is 6.42 Å². The van der Waals surface area contributed by atoms with Crippen LogP contribution in [0.2, 0.25) is 0 Å². The third-order valence-corrected chi connectivity index (χ3v) is 2.90. The summed E-state index contributed by atoms with van der Waals surface area (Å²) in [5.41, 5.74) is 1.42. The highest BCUT2D eigenvalue weighted by atomic mass is 15.2. The molecule has 14 heavy (non-hydrogen) atoms. The molecule has 1 aromatic rings. The van der Waals surface area contributed by atoms with Crippen LogP contribution >= 0.6 is 0 Å². The van der Waals surface area contributed by atoms with Gasteiger partial charge in [-0.3, -0.25) is 0 Å². The van der Waals surface area contributed by atoms with Crippen LogP contribution in [0.3, 0.4) is 0 Å². The summed E-state index contributed by atoms with van der Waals surface area (Å²) in [7, 11) is 2.20. The first-order valence-corrected chi connectivity index (χ1v) is 5.38. The van der Waals surface area contributed by atoms with Crippen LogP contribution in [0.25, 0.3) is 0 Å². The molecule has 78 valence electrons. The van der Waals surface area contributed by atoms with E-state index in [1.807, 2.05) is 6.20 Å². The number of H-pyrrole nitrogens is 1. The van der Waals surface area contributed by atoms with E-state index in [0.29, 0.717) is 6.04 Å². The number of aryl methyl sites for hydroxylation is 1. The number of hydrogen-bond donors (Lipinski definition) is 2. The molecule has 0 aliphatic carbocycles. The molecule has 1 fully saturated rings. The van der Waals surface area contributed by atoms with E-state index in [4.69, 9.17) is 0 Å². The van der Waals surface area contributed by atoms with Crippen LogP contribution in [0.15, 0.2) is 18.5 Å². The van der Waals surface area contributed by atoms with Gasteiger partial charge >= 0.3 is 0 Å². The highest BCUT2D eigenvalue weighted by Crippen LogP contribution is 2.06. The Labute approximate surface area is 85.5 Å². The van der Waals surface area contributed by atoms with Gasteiger partial charge in [-0.15, -0.1) is 0 Å². The molecule has 1 atom stereocenters. The summed E-state index contributed by atoms with van der Waals surface area (Å²) in [6, 6.07) is 2.83. The van der Waals surface area contributed by atoms with Gasteiger partial charge in [0.1, 0.15) is 0 Å². The number of aromatic amines is 1. The second-order valence-corrected chi connectivity index (χ2v) is 4.17. The van der Waals surface area contributed by atoms with Gasteiger partial charge in [0.15, 0.2) is 0 Å². The van der Waals surface area contributed by atoms with Crippen molar-refractivity contribution in [2.45, 2.75) is 18.9 Å². The van der Waals surface area contributed by atoms with E-state index < -0.39 is 0 Å². The fourth-order valence-electron chi connectivity index (χ4n) is 2.04. The molecule has 1 unspecified atom stereocenters. The minimum atomic E-state index is 0.670. The molecule has 1 saturated heterocycles. The van der Waals surface area contributed by atoms with Gasteiger partial charge in [0.25, 0.3) is 0 Å². The number of rotatable bonds is 3. The molecule has 0 radical (unpaired) electrons. The van der Waals surface area contributed by atoms with E-state index in [0.717, 1.165) is 6.54 Å². The lowest BCUT2D eigenvalue weighted by atomic mass is 10.1. The Balaban J connectivity index is 1.75.